The number of aryl methyl sites for hydroxylation is 2. The highest BCUT2D eigenvalue weighted by atomic mass is 16.5. The first-order valence-corrected chi connectivity index (χ1v) is 9.40. The molecule has 5 heteroatoms. The molecule has 0 spiro atoms. The predicted molar refractivity (Wildman–Crippen MR) is 109 cm³/mol. The Morgan fingerprint density at radius 2 is 1.44 bits per heavy atom. The molecule has 144 valence electrons. The number of ether oxygens (including phenoxy) is 1. The molecule has 0 saturated carbocycles. The minimum absolute atomic E-state index is 0.0909. The van der Waals surface area contributed by atoms with Crippen LogP contribution >= 0.6 is 0 Å². The van der Waals surface area contributed by atoms with Crippen LogP contribution in [0.2, 0.25) is 0 Å². The van der Waals surface area contributed by atoms with Crippen molar-refractivity contribution in [2.75, 3.05) is 10.6 Å². The van der Waals surface area contributed by atoms with E-state index in [9.17, 15) is 9.59 Å². The first-order chi connectivity index (χ1) is 12.9. The summed E-state index contributed by atoms with van der Waals surface area (Å²) in [5, 5.41) is 5.65. The lowest BCUT2D eigenvalue weighted by molar-refractivity contribution is -0.123. The molecule has 2 aromatic carbocycles. The smallest absolute Gasteiger partial charge is 0.233 e. The Bertz CT molecular complexity index is 760. The van der Waals surface area contributed by atoms with E-state index in [-0.39, 0.29) is 24.3 Å². The molecule has 0 fully saturated rings. The number of rotatable bonds is 8. The fraction of sp³-hybridized carbons (Fsp3) is 0.364. The molecule has 2 rings (SSSR count). The van der Waals surface area contributed by atoms with Gasteiger partial charge in [0.05, 0.1) is 6.10 Å². The lowest BCUT2D eigenvalue weighted by Crippen LogP contribution is -2.22. The number of carbonyl (C=O) groups is 2. The SMILES string of the molecule is CCc1cccc(CC)c1NC(=O)CC(=O)Nc1ccc(OC(C)C)cc1. The molecule has 0 unspecified atom stereocenters. The van der Waals surface area contributed by atoms with Crippen LogP contribution in [0.25, 0.3) is 0 Å². The van der Waals surface area contributed by atoms with Gasteiger partial charge >= 0.3 is 0 Å². The van der Waals surface area contributed by atoms with E-state index < -0.39 is 0 Å². The van der Waals surface area contributed by atoms with Crippen LogP contribution in [0.3, 0.4) is 0 Å². The van der Waals surface area contributed by atoms with Crippen LogP contribution in [0.4, 0.5) is 11.4 Å². The van der Waals surface area contributed by atoms with E-state index >= 15 is 0 Å². The summed E-state index contributed by atoms with van der Waals surface area (Å²) in [6, 6.07) is 13.1. The molecule has 2 N–H and O–H groups in total. The van der Waals surface area contributed by atoms with E-state index in [1.165, 1.54) is 0 Å². The summed E-state index contributed by atoms with van der Waals surface area (Å²) in [6.45, 7) is 8.00. The maximum absolute atomic E-state index is 12.3. The van der Waals surface area contributed by atoms with Gasteiger partial charge in [0.15, 0.2) is 0 Å². The molecule has 27 heavy (non-hydrogen) atoms. The number of nitrogens with one attached hydrogen (secondary N) is 2. The van der Waals surface area contributed by atoms with Gasteiger partial charge in [-0.3, -0.25) is 9.59 Å². The van der Waals surface area contributed by atoms with Crippen LogP contribution in [-0.2, 0) is 22.4 Å². The van der Waals surface area contributed by atoms with Gasteiger partial charge in [-0.25, -0.2) is 0 Å². The van der Waals surface area contributed by atoms with Crippen LogP contribution in [0, 0.1) is 0 Å². The molecule has 5 nitrogen and oxygen atoms in total. The number of benzene rings is 2. The first kappa shape index (κ1) is 20.5. The Hall–Kier alpha value is -2.82. The third-order valence-electron chi connectivity index (χ3n) is 4.09. The van der Waals surface area contributed by atoms with Crippen molar-refractivity contribution < 1.29 is 14.3 Å². The van der Waals surface area contributed by atoms with E-state index in [1.54, 1.807) is 24.3 Å². The molecule has 2 aromatic rings. The van der Waals surface area contributed by atoms with E-state index in [4.69, 9.17) is 4.74 Å². The number of carbonyl (C=O) groups excluding carboxylic acids is 2. The van der Waals surface area contributed by atoms with Crippen molar-refractivity contribution >= 4 is 23.2 Å². The molecule has 0 aromatic heterocycles. The molecular formula is C22H28N2O3. The average molecular weight is 368 g/mol. The van der Waals surface area contributed by atoms with Gasteiger partial charge < -0.3 is 15.4 Å². The Kier molecular flexibility index (Phi) is 7.41. The van der Waals surface area contributed by atoms with E-state index in [0.29, 0.717) is 5.69 Å². The third-order valence-corrected chi connectivity index (χ3v) is 4.09. The third kappa shape index (κ3) is 6.13. The summed E-state index contributed by atoms with van der Waals surface area (Å²) in [7, 11) is 0. The van der Waals surface area contributed by atoms with E-state index in [2.05, 4.69) is 10.6 Å². The quantitative estimate of drug-likeness (QED) is 0.671. The zero-order valence-electron chi connectivity index (χ0n) is 16.5. The maximum atomic E-state index is 12.3. The Morgan fingerprint density at radius 3 is 1.96 bits per heavy atom. The maximum Gasteiger partial charge on any atom is 0.233 e. The molecule has 0 aliphatic heterocycles. The van der Waals surface area contributed by atoms with Crippen LogP contribution in [0.1, 0.15) is 45.2 Å². The molecule has 0 radical (unpaired) electrons. The van der Waals surface area contributed by atoms with Crippen LogP contribution in [0.5, 0.6) is 5.75 Å². The van der Waals surface area contributed by atoms with Crippen molar-refractivity contribution in [1.82, 2.24) is 0 Å². The lowest BCUT2D eigenvalue weighted by atomic mass is 10.0. The highest BCUT2D eigenvalue weighted by Gasteiger charge is 2.14. The second kappa shape index (κ2) is 9.76. The van der Waals surface area contributed by atoms with E-state index in [0.717, 1.165) is 35.4 Å². The zero-order valence-corrected chi connectivity index (χ0v) is 16.5. The van der Waals surface area contributed by atoms with Crippen LogP contribution in [0.15, 0.2) is 42.5 Å². The van der Waals surface area contributed by atoms with Gasteiger partial charge in [0.25, 0.3) is 0 Å². The number of hydrogen-bond donors (Lipinski definition) is 2. The minimum atomic E-state index is -0.350. The van der Waals surface area contributed by atoms with E-state index in [1.807, 2.05) is 45.9 Å². The molecule has 0 bridgehead atoms. The fourth-order valence-corrected chi connectivity index (χ4v) is 2.83. The van der Waals surface area contributed by atoms with Gasteiger partial charge in [-0.15, -0.1) is 0 Å². The largest absolute Gasteiger partial charge is 0.491 e. The van der Waals surface area contributed by atoms with Gasteiger partial charge in [-0.1, -0.05) is 32.0 Å². The topological polar surface area (TPSA) is 67.4 Å². The average Bonchev–Trinajstić information content (AvgIpc) is 2.62. The standard InChI is InChI=1S/C22H28N2O3/c1-5-16-8-7-9-17(6-2)22(16)24-21(26)14-20(25)23-18-10-12-19(13-11-18)27-15(3)4/h7-13,15H,5-6,14H2,1-4H3,(H,23,25)(H,24,26). The monoisotopic (exact) mass is 368 g/mol. The van der Waals surface area contributed by atoms with Gasteiger partial charge in [0.1, 0.15) is 12.2 Å². The van der Waals surface area contributed by atoms with Crippen molar-refractivity contribution in [3.63, 3.8) is 0 Å². The second-order valence-electron chi connectivity index (χ2n) is 6.62. The normalized spacial score (nSPS) is 10.6. The molecule has 2 amide bonds. The number of amides is 2. The van der Waals surface area contributed by atoms with Crippen molar-refractivity contribution in [2.45, 2.75) is 53.1 Å². The summed E-state index contributed by atoms with van der Waals surface area (Å²) < 4.78 is 5.57. The number of anilines is 2. The Labute approximate surface area is 161 Å². The highest BCUT2D eigenvalue weighted by Crippen LogP contribution is 2.23. The molecule has 0 aliphatic carbocycles. The highest BCUT2D eigenvalue weighted by molar-refractivity contribution is 6.08. The number of hydrogen-bond acceptors (Lipinski definition) is 3. The number of para-hydroxylation sites is 1. The molecule has 0 aliphatic rings. The summed E-state index contributed by atoms with van der Waals surface area (Å²) in [5.74, 6) is 0.0731. The summed E-state index contributed by atoms with van der Waals surface area (Å²) in [5.41, 5.74) is 3.61. The zero-order chi connectivity index (χ0) is 19.8. The minimum Gasteiger partial charge on any atom is -0.491 e. The first-order valence-electron chi connectivity index (χ1n) is 9.40. The summed E-state index contributed by atoms with van der Waals surface area (Å²) in [4.78, 5) is 24.5. The lowest BCUT2D eigenvalue weighted by Gasteiger charge is -2.14. The van der Waals surface area contributed by atoms with Crippen molar-refractivity contribution in [2.24, 2.45) is 0 Å². The van der Waals surface area contributed by atoms with Crippen LogP contribution < -0.4 is 15.4 Å². The van der Waals surface area contributed by atoms with Gasteiger partial charge in [0.2, 0.25) is 11.8 Å². The van der Waals surface area contributed by atoms with Crippen molar-refractivity contribution in [3.8, 4) is 5.75 Å². The van der Waals surface area contributed by atoms with Crippen molar-refractivity contribution in [3.05, 3.63) is 53.6 Å². The van der Waals surface area contributed by atoms with Gasteiger partial charge in [-0.05, 0) is 62.1 Å². The Morgan fingerprint density at radius 1 is 0.889 bits per heavy atom. The second-order valence-corrected chi connectivity index (χ2v) is 6.62. The summed E-state index contributed by atoms with van der Waals surface area (Å²) >= 11 is 0. The van der Waals surface area contributed by atoms with Gasteiger partial charge in [-0.2, -0.15) is 0 Å². The fourth-order valence-electron chi connectivity index (χ4n) is 2.83. The summed E-state index contributed by atoms with van der Waals surface area (Å²) in [6.07, 6.45) is 1.50. The van der Waals surface area contributed by atoms with Gasteiger partial charge in [0, 0.05) is 11.4 Å². The molecule has 0 saturated heterocycles. The molecule has 0 atom stereocenters. The molecule has 0 heterocycles. The van der Waals surface area contributed by atoms with Crippen LogP contribution in [-0.4, -0.2) is 17.9 Å². The van der Waals surface area contributed by atoms with Crippen molar-refractivity contribution in [1.29, 1.82) is 0 Å². The Balaban J connectivity index is 1.95. The predicted octanol–water partition coefficient (Wildman–Crippen LogP) is 4.57. The molecular weight excluding hydrogens is 340 g/mol.